The summed E-state index contributed by atoms with van der Waals surface area (Å²) in [5.74, 6) is -4.84. The molecule has 2 saturated heterocycles. The van der Waals surface area contributed by atoms with E-state index in [1.54, 1.807) is 0 Å². The molecule has 4 N–H and O–H groups in total. The third-order valence-corrected chi connectivity index (χ3v) is 5.92. The van der Waals surface area contributed by atoms with Gasteiger partial charge < -0.3 is 15.8 Å². The number of methoxy groups -OCH3 is 1. The SMILES string of the molecule is COCCCN1C(=O)[C@H]2[C@@H](C1=O)[C@@]1(N[C@@H]2CC(N)=O)C(=O)Nc2ccc(F)cc21. The number of halogens is 1. The third kappa shape index (κ3) is 2.74. The predicted molar refractivity (Wildman–Crippen MR) is 97.6 cm³/mol. The average molecular weight is 404 g/mol. The van der Waals surface area contributed by atoms with Gasteiger partial charge in [-0.25, -0.2) is 4.39 Å². The van der Waals surface area contributed by atoms with Crippen LogP contribution in [0.5, 0.6) is 0 Å². The first-order chi connectivity index (χ1) is 13.8. The Kier molecular flexibility index (Phi) is 4.62. The van der Waals surface area contributed by atoms with Crippen LogP contribution in [0.2, 0.25) is 0 Å². The zero-order valence-electron chi connectivity index (χ0n) is 15.7. The average Bonchev–Trinajstić information content (AvgIpc) is 3.22. The lowest BCUT2D eigenvalue weighted by molar-refractivity contribution is -0.143. The van der Waals surface area contributed by atoms with Gasteiger partial charge in [0, 0.05) is 44.0 Å². The number of hydrogen-bond donors (Lipinski definition) is 3. The maximum atomic E-state index is 14.0. The number of nitrogens with two attached hydrogens (primary N) is 1. The number of ether oxygens (including phenoxy) is 1. The molecule has 4 amide bonds. The molecule has 4 rings (SSSR count). The van der Waals surface area contributed by atoms with Gasteiger partial charge in [0.2, 0.25) is 23.6 Å². The lowest BCUT2D eigenvalue weighted by Gasteiger charge is -2.29. The minimum atomic E-state index is -1.63. The molecule has 154 valence electrons. The van der Waals surface area contributed by atoms with Crippen molar-refractivity contribution >= 4 is 29.3 Å². The second kappa shape index (κ2) is 6.89. The van der Waals surface area contributed by atoms with Gasteiger partial charge in [-0.1, -0.05) is 0 Å². The minimum absolute atomic E-state index is 0.134. The number of benzene rings is 1. The molecule has 29 heavy (non-hydrogen) atoms. The van der Waals surface area contributed by atoms with Crippen molar-refractivity contribution in [1.29, 1.82) is 0 Å². The summed E-state index contributed by atoms with van der Waals surface area (Å²) in [6, 6.07) is 2.97. The molecule has 10 heteroatoms. The Morgan fingerprint density at radius 3 is 2.76 bits per heavy atom. The number of hydrogen-bond acceptors (Lipinski definition) is 6. The lowest BCUT2D eigenvalue weighted by atomic mass is 9.76. The van der Waals surface area contributed by atoms with E-state index < -0.39 is 52.9 Å². The molecule has 9 nitrogen and oxygen atoms in total. The number of primary amides is 1. The summed E-state index contributed by atoms with van der Waals surface area (Å²) in [5.41, 5.74) is 4.32. The molecular formula is C19H21FN4O5. The molecule has 0 unspecified atom stereocenters. The molecule has 0 saturated carbocycles. The number of rotatable bonds is 6. The maximum Gasteiger partial charge on any atom is 0.250 e. The van der Waals surface area contributed by atoms with Crippen molar-refractivity contribution in [2.45, 2.75) is 24.4 Å². The van der Waals surface area contributed by atoms with Crippen LogP contribution in [0.4, 0.5) is 10.1 Å². The summed E-state index contributed by atoms with van der Waals surface area (Å²) in [4.78, 5) is 52.1. The van der Waals surface area contributed by atoms with Crippen molar-refractivity contribution < 1.29 is 28.3 Å². The van der Waals surface area contributed by atoms with Gasteiger partial charge >= 0.3 is 0 Å². The van der Waals surface area contributed by atoms with Crippen molar-refractivity contribution in [1.82, 2.24) is 10.2 Å². The number of anilines is 1. The summed E-state index contributed by atoms with van der Waals surface area (Å²) in [7, 11) is 1.51. The number of nitrogens with zero attached hydrogens (tertiary/aromatic N) is 1. The van der Waals surface area contributed by atoms with E-state index in [1.807, 2.05) is 0 Å². The first-order valence-electron chi connectivity index (χ1n) is 9.33. The molecule has 1 aromatic carbocycles. The van der Waals surface area contributed by atoms with Crippen LogP contribution in [0.1, 0.15) is 18.4 Å². The smallest absolute Gasteiger partial charge is 0.250 e. The van der Waals surface area contributed by atoms with Crippen LogP contribution >= 0.6 is 0 Å². The molecule has 3 aliphatic rings. The van der Waals surface area contributed by atoms with Crippen LogP contribution in [0.15, 0.2) is 18.2 Å². The molecule has 4 atom stereocenters. The van der Waals surface area contributed by atoms with Gasteiger partial charge in [0.05, 0.1) is 11.8 Å². The quantitative estimate of drug-likeness (QED) is 0.431. The Hall–Kier alpha value is -2.85. The lowest BCUT2D eigenvalue weighted by Crippen LogP contribution is -2.53. The maximum absolute atomic E-state index is 14.0. The van der Waals surface area contributed by atoms with Gasteiger partial charge in [-0.2, -0.15) is 0 Å². The monoisotopic (exact) mass is 404 g/mol. The fourth-order valence-corrected chi connectivity index (χ4v) is 4.81. The summed E-state index contributed by atoms with van der Waals surface area (Å²) in [6.07, 6.45) is 0.206. The number of imide groups is 1. The Balaban J connectivity index is 1.80. The zero-order chi connectivity index (χ0) is 20.9. The molecule has 1 aromatic rings. The molecule has 0 bridgehead atoms. The van der Waals surface area contributed by atoms with E-state index >= 15 is 0 Å². The van der Waals surface area contributed by atoms with Gasteiger partial charge in [0.15, 0.2) is 0 Å². The summed E-state index contributed by atoms with van der Waals surface area (Å²) >= 11 is 0. The summed E-state index contributed by atoms with van der Waals surface area (Å²) in [6.45, 7) is 0.491. The largest absolute Gasteiger partial charge is 0.385 e. The third-order valence-electron chi connectivity index (χ3n) is 5.92. The molecule has 3 aliphatic heterocycles. The Bertz CT molecular complexity index is 922. The zero-order valence-corrected chi connectivity index (χ0v) is 15.7. The molecule has 3 heterocycles. The predicted octanol–water partition coefficient (Wildman–Crippen LogP) is -0.542. The molecule has 0 radical (unpaired) electrons. The van der Waals surface area contributed by atoms with E-state index in [4.69, 9.17) is 10.5 Å². The Morgan fingerprint density at radius 2 is 2.07 bits per heavy atom. The van der Waals surface area contributed by atoms with Gasteiger partial charge in [0.1, 0.15) is 11.4 Å². The van der Waals surface area contributed by atoms with Gasteiger partial charge in [-0.3, -0.25) is 29.4 Å². The minimum Gasteiger partial charge on any atom is -0.385 e. The van der Waals surface area contributed by atoms with E-state index in [0.29, 0.717) is 18.7 Å². The van der Waals surface area contributed by atoms with Crippen molar-refractivity contribution in [2.24, 2.45) is 17.6 Å². The Labute approximate surface area is 165 Å². The van der Waals surface area contributed by atoms with E-state index in [-0.39, 0.29) is 18.5 Å². The number of nitrogens with one attached hydrogen (secondary N) is 2. The Morgan fingerprint density at radius 1 is 1.31 bits per heavy atom. The van der Waals surface area contributed by atoms with Crippen LogP contribution in [0, 0.1) is 17.7 Å². The molecular weight excluding hydrogens is 383 g/mol. The van der Waals surface area contributed by atoms with Crippen LogP contribution in [0.25, 0.3) is 0 Å². The van der Waals surface area contributed by atoms with Crippen molar-refractivity contribution in [3.05, 3.63) is 29.6 Å². The topological polar surface area (TPSA) is 131 Å². The van der Waals surface area contributed by atoms with E-state index in [2.05, 4.69) is 10.6 Å². The summed E-state index contributed by atoms with van der Waals surface area (Å²) < 4.78 is 19.0. The number of likely N-dealkylation sites (tertiary alicyclic amines) is 1. The normalized spacial score (nSPS) is 30.1. The number of fused-ring (bicyclic) bond motifs is 4. The van der Waals surface area contributed by atoms with Crippen molar-refractivity contribution in [2.75, 3.05) is 25.6 Å². The molecule has 1 spiro atoms. The number of carbonyl (C=O) groups excluding carboxylic acids is 4. The van der Waals surface area contributed by atoms with Crippen LogP contribution < -0.4 is 16.4 Å². The highest BCUT2D eigenvalue weighted by Crippen LogP contribution is 2.53. The molecule has 2 fully saturated rings. The van der Waals surface area contributed by atoms with Crippen molar-refractivity contribution in [3.63, 3.8) is 0 Å². The molecule has 0 aliphatic carbocycles. The van der Waals surface area contributed by atoms with Crippen LogP contribution in [-0.2, 0) is 29.5 Å². The first-order valence-corrected chi connectivity index (χ1v) is 9.33. The molecule has 0 aromatic heterocycles. The number of carbonyl (C=O) groups is 4. The summed E-state index contributed by atoms with van der Waals surface area (Å²) in [5, 5.41) is 5.67. The van der Waals surface area contributed by atoms with Gasteiger partial charge in [-0.05, 0) is 24.6 Å². The second-order valence-electron chi connectivity index (χ2n) is 7.55. The van der Waals surface area contributed by atoms with E-state index in [9.17, 15) is 23.6 Å². The van der Waals surface area contributed by atoms with Crippen LogP contribution in [0.3, 0.4) is 0 Å². The first kappa shape index (κ1) is 19.5. The van der Waals surface area contributed by atoms with Crippen molar-refractivity contribution in [3.8, 4) is 0 Å². The van der Waals surface area contributed by atoms with Gasteiger partial charge in [-0.15, -0.1) is 0 Å². The highest BCUT2D eigenvalue weighted by Gasteiger charge is 2.70. The van der Waals surface area contributed by atoms with E-state index in [1.165, 1.54) is 25.3 Å². The van der Waals surface area contributed by atoms with Crippen LogP contribution in [-0.4, -0.2) is 54.8 Å². The standard InChI is InChI=1S/C19H21FN4O5/c1-29-6-2-5-24-16(26)14-12(8-13(21)25)23-19(15(14)17(24)27)10-7-9(20)3-4-11(10)22-18(19)28/h3-4,7,12,14-15,23H,2,5-6,8H2,1H3,(H2,21,25)(H,22,28)/t12-,14-,15+,19-/m1/s1. The fraction of sp³-hybridized carbons (Fsp3) is 0.474. The number of amides is 4. The highest BCUT2D eigenvalue weighted by atomic mass is 19.1. The second-order valence-corrected chi connectivity index (χ2v) is 7.55. The van der Waals surface area contributed by atoms with Gasteiger partial charge in [0.25, 0.3) is 0 Å². The fourth-order valence-electron chi connectivity index (χ4n) is 4.81. The van der Waals surface area contributed by atoms with E-state index in [0.717, 1.165) is 4.90 Å². The highest BCUT2D eigenvalue weighted by molar-refractivity contribution is 6.15.